The molecule has 0 radical (unpaired) electrons. The van der Waals surface area contributed by atoms with E-state index in [0.717, 1.165) is 6.54 Å². The highest BCUT2D eigenvalue weighted by molar-refractivity contribution is 5.40. The molecule has 0 bridgehead atoms. The Morgan fingerprint density at radius 2 is 1.71 bits per heavy atom. The summed E-state index contributed by atoms with van der Waals surface area (Å²) in [5.41, 5.74) is 4.49. The van der Waals surface area contributed by atoms with Crippen LogP contribution in [-0.2, 0) is 6.42 Å². The van der Waals surface area contributed by atoms with Gasteiger partial charge in [-0.05, 0) is 35.4 Å². The first-order valence-corrected chi connectivity index (χ1v) is 8.10. The average molecular weight is 279 g/mol. The fourth-order valence-electron chi connectivity index (χ4n) is 3.32. The third-order valence-electron chi connectivity index (χ3n) is 4.48. The lowest BCUT2D eigenvalue weighted by molar-refractivity contribution is 0.405. The quantitative estimate of drug-likeness (QED) is 0.808. The minimum absolute atomic E-state index is 0.471. The van der Waals surface area contributed by atoms with Gasteiger partial charge in [0, 0.05) is 18.5 Å². The van der Waals surface area contributed by atoms with Gasteiger partial charge in [-0.15, -0.1) is 0 Å². The zero-order chi connectivity index (χ0) is 14.7. The van der Waals surface area contributed by atoms with Crippen LogP contribution in [0.15, 0.2) is 54.6 Å². The Morgan fingerprint density at radius 3 is 2.43 bits per heavy atom. The summed E-state index contributed by atoms with van der Waals surface area (Å²) in [5, 5.41) is 3.81. The SMILES string of the molecule is CC(C)CC(NCC1Cc2ccccc21)c1ccccc1. The molecular weight excluding hydrogens is 254 g/mol. The first kappa shape index (κ1) is 14.3. The van der Waals surface area contributed by atoms with Gasteiger partial charge in [0.05, 0.1) is 0 Å². The van der Waals surface area contributed by atoms with Gasteiger partial charge in [0.2, 0.25) is 0 Å². The lowest BCUT2D eigenvalue weighted by Crippen LogP contribution is -2.32. The molecular formula is C20H25N. The highest BCUT2D eigenvalue weighted by Crippen LogP contribution is 2.34. The van der Waals surface area contributed by atoms with Gasteiger partial charge in [-0.25, -0.2) is 0 Å². The lowest BCUT2D eigenvalue weighted by atomic mass is 9.77. The van der Waals surface area contributed by atoms with Crippen molar-refractivity contribution < 1.29 is 0 Å². The number of hydrogen-bond acceptors (Lipinski definition) is 1. The molecule has 0 saturated heterocycles. The maximum atomic E-state index is 3.81. The monoisotopic (exact) mass is 279 g/mol. The summed E-state index contributed by atoms with van der Waals surface area (Å²) in [5.74, 6) is 1.40. The van der Waals surface area contributed by atoms with Crippen LogP contribution < -0.4 is 5.32 Å². The predicted molar refractivity (Wildman–Crippen MR) is 89.5 cm³/mol. The summed E-state index contributed by atoms with van der Waals surface area (Å²) < 4.78 is 0. The molecule has 1 nitrogen and oxygen atoms in total. The van der Waals surface area contributed by atoms with E-state index in [9.17, 15) is 0 Å². The number of rotatable bonds is 6. The van der Waals surface area contributed by atoms with E-state index in [2.05, 4.69) is 73.8 Å². The van der Waals surface area contributed by atoms with Crippen LogP contribution in [-0.4, -0.2) is 6.54 Å². The van der Waals surface area contributed by atoms with Crippen molar-refractivity contribution in [1.82, 2.24) is 5.32 Å². The number of nitrogens with one attached hydrogen (secondary N) is 1. The van der Waals surface area contributed by atoms with E-state index < -0.39 is 0 Å². The van der Waals surface area contributed by atoms with Crippen molar-refractivity contribution in [2.45, 2.75) is 38.6 Å². The molecule has 21 heavy (non-hydrogen) atoms. The zero-order valence-electron chi connectivity index (χ0n) is 13.0. The van der Waals surface area contributed by atoms with E-state index in [0.29, 0.717) is 17.9 Å². The Labute approximate surface area is 128 Å². The van der Waals surface area contributed by atoms with Crippen LogP contribution in [0.4, 0.5) is 0 Å². The molecule has 110 valence electrons. The molecule has 0 amide bonds. The summed E-state index contributed by atoms with van der Waals surface area (Å²) in [4.78, 5) is 0. The maximum Gasteiger partial charge on any atom is 0.0322 e. The van der Waals surface area contributed by atoms with Gasteiger partial charge in [-0.2, -0.15) is 0 Å². The molecule has 0 saturated carbocycles. The highest BCUT2D eigenvalue weighted by atomic mass is 14.9. The van der Waals surface area contributed by atoms with Gasteiger partial charge in [-0.1, -0.05) is 68.4 Å². The highest BCUT2D eigenvalue weighted by Gasteiger charge is 2.26. The topological polar surface area (TPSA) is 12.0 Å². The van der Waals surface area contributed by atoms with Gasteiger partial charge >= 0.3 is 0 Å². The first-order chi connectivity index (χ1) is 10.2. The fourth-order valence-corrected chi connectivity index (χ4v) is 3.32. The molecule has 1 aliphatic rings. The van der Waals surface area contributed by atoms with Gasteiger partial charge in [-0.3, -0.25) is 0 Å². The van der Waals surface area contributed by atoms with Crippen molar-refractivity contribution in [3.05, 3.63) is 71.3 Å². The van der Waals surface area contributed by atoms with Crippen LogP contribution in [0, 0.1) is 5.92 Å². The molecule has 0 aromatic heterocycles. The molecule has 2 unspecified atom stereocenters. The second-order valence-corrected chi connectivity index (χ2v) is 6.60. The molecule has 1 heteroatoms. The van der Waals surface area contributed by atoms with Crippen molar-refractivity contribution in [1.29, 1.82) is 0 Å². The summed E-state index contributed by atoms with van der Waals surface area (Å²) in [7, 11) is 0. The Bertz CT molecular complexity index is 573. The van der Waals surface area contributed by atoms with Gasteiger partial charge in [0.15, 0.2) is 0 Å². The van der Waals surface area contributed by atoms with Crippen LogP contribution in [0.5, 0.6) is 0 Å². The van der Waals surface area contributed by atoms with Crippen LogP contribution in [0.2, 0.25) is 0 Å². The minimum Gasteiger partial charge on any atom is -0.309 e. The molecule has 1 aliphatic carbocycles. The van der Waals surface area contributed by atoms with Crippen LogP contribution in [0.3, 0.4) is 0 Å². The molecule has 0 spiro atoms. The van der Waals surface area contributed by atoms with Gasteiger partial charge in [0.25, 0.3) is 0 Å². The van der Waals surface area contributed by atoms with Crippen LogP contribution in [0.1, 0.15) is 48.9 Å². The Hall–Kier alpha value is -1.60. The van der Waals surface area contributed by atoms with E-state index >= 15 is 0 Å². The molecule has 2 atom stereocenters. The van der Waals surface area contributed by atoms with E-state index in [1.807, 2.05) is 0 Å². The molecule has 0 aliphatic heterocycles. The summed E-state index contributed by atoms with van der Waals surface area (Å²) >= 11 is 0. The number of hydrogen-bond donors (Lipinski definition) is 1. The van der Waals surface area contributed by atoms with E-state index in [1.165, 1.54) is 24.0 Å². The molecule has 0 heterocycles. The Morgan fingerprint density at radius 1 is 1.00 bits per heavy atom. The molecule has 1 N–H and O–H groups in total. The van der Waals surface area contributed by atoms with Gasteiger partial charge in [0.1, 0.15) is 0 Å². The predicted octanol–water partition coefficient (Wildman–Crippen LogP) is 4.70. The second-order valence-electron chi connectivity index (χ2n) is 6.60. The average Bonchev–Trinajstić information content (AvgIpc) is 2.47. The maximum absolute atomic E-state index is 3.81. The third kappa shape index (κ3) is 3.36. The summed E-state index contributed by atoms with van der Waals surface area (Å²) in [6, 6.07) is 20.2. The lowest BCUT2D eigenvalue weighted by Gasteiger charge is -2.32. The third-order valence-corrected chi connectivity index (χ3v) is 4.48. The first-order valence-electron chi connectivity index (χ1n) is 8.10. The number of benzene rings is 2. The van der Waals surface area contributed by atoms with E-state index in [4.69, 9.17) is 0 Å². The van der Waals surface area contributed by atoms with E-state index in [-0.39, 0.29) is 0 Å². The van der Waals surface area contributed by atoms with Crippen molar-refractivity contribution in [2.75, 3.05) is 6.54 Å². The van der Waals surface area contributed by atoms with E-state index in [1.54, 1.807) is 5.56 Å². The van der Waals surface area contributed by atoms with Crippen molar-refractivity contribution in [2.24, 2.45) is 5.92 Å². The van der Waals surface area contributed by atoms with Crippen molar-refractivity contribution >= 4 is 0 Å². The minimum atomic E-state index is 0.471. The normalized spacial score (nSPS) is 18.1. The molecule has 2 aromatic rings. The van der Waals surface area contributed by atoms with Gasteiger partial charge < -0.3 is 5.32 Å². The molecule has 0 fully saturated rings. The van der Waals surface area contributed by atoms with Crippen LogP contribution >= 0.6 is 0 Å². The standard InChI is InChI=1S/C20H25N/c1-15(2)12-20(16-8-4-3-5-9-16)21-14-18-13-17-10-6-7-11-19(17)18/h3-11,15,18,20-21H,12-14H2,1-2H3. The fraction of sp³-hybridized carbons (Fsp3) is 0.400. The molecule has 2 aromatic carbocycles. The Kier molecular flexibility index (Phi) is 4.40. The summed E-state index contributed by atoms with van der Waals surface area (Å²) in [6.07, 6.45) is 2.42. The largest absolute Gasteiger partial charge is 0.309 e. The summed E-state index contributed by atoms with van der Waals surface area (Å²) in [6.45, 7) is 5.69. The number of fused-ring (bicyclic) bond motifs is 1. The molecule has 3 rings (SSSR count). The van der Waals surface area contributed by atoms with Crippen molar-refractivity contribution in [3.8, 4) is 0 Å². The second kappa shape index (κ2) is 6.44. The Balaban J connectivity index is 1.64. The van der Waals surface area contributed by atoms with Crippen LogP contribution in [0.25, 0.3) is 0 Å². The smallest absolute Gasteiger partial charge is 0.0322 e. The van der Waals surface area contributed by atoms with Crippen molar-refractivity contribution in [3.63, 3.8) is 0 Å². The zero-order valence-corrected chi connectivity index (χ0v) is 13.0.